The Morgan fingerprint density at radius 3 is 2.52 bits per heavy atom. The van der Waals surface area contributed by atoms with Crippen LogP contribution >= 0.6 is 11.3 Å². The van der Waals surface area contributed by atoms with Crippen molar-refractivity contribution in [2.45, 2.75) is 20.8 Å². The van der Waals surface area contributed by atoms with Gasteiger partial charge in [0.05, 0.1) is 11.3 Å². The van der Waals surface area contributed by atoms with E-state index in [1.807, 2.05) is 26.0 Å². The highest BCUT2D eigenvalue weighted by Gasteiger charge is 2.18. The number of nitrogens with zero attached hydrogens (tertiary/aromatic N) is 1. The molecule has 0 saturated heterocycles. The van der Waals surface area contributed by atoms with Crippen LogP contribution in [-0.4, -0.2) is 16.8 Å². The molecule has 1 aromatic heterocycles. The van der Waals surface area contributed by atoms with Gasteiger partial charge in [0.1, 0.15) is 15.7 Å². The molecule has 2 aromatic carbocycles. The quantitative estimate of drug-likeness (QED) is 0.707. The van der Waals surface area contributed by atoms with Gasteiger partial charge in [-0.25, -0.2) is 9.37 Å². The Balaban J connectivity index is 1.89. The van der Waals surface area contributed by atoms with Crippen molar-refractivity contribution >= 4 is 28.8 Å². The molecule has 0 unspecified atom stereocenters. The predicted octanol–water partition coefficient (Wildman–Crippen LogP) is 4.23. The fourth-order valence-electron chi connectivity index (χ4n) is 2.76. The number of aryl methyl sites for hydroxylation is 3. The molecule has 7 heteroatoms. The molecule has 0 aliphatic rings. The molecule has 2 amide bonds. The van der Waals surface area contributed by atoms with E-state index in [-0.39, 0.29) is 17.2 Å². The van der Waals surface area contributed by atoms with Crippen LogP contribution in [-0.2, 0) is 0 Å². The lowest BCUT2D eigenvalue weighted by atomic mass is 10.1. The van der Waals surface area contributed by atoms with Crippen molar-refractivity contribution in [3.05, 3.63) is 69.5 Å². The highest BCUT2D eigenvalue weighted by molar-refractivity contribution is 7.17. The summed E-state index contributed by atoms with van der Waals surface area (Å²) in [5.41, 5.74) is 8.98. The van der Waals surface area contributed by atoms with Crippen LogP contribution in [0, 0.1) is 26.6 Å². The third-order valence-corrected chi connectivity index (χ3v) is 5.29. The molecule has 0 aliphatic carbocycles. The first-order valence-electron chi connectivity index (χ1n) is 8.22. The second-order valence-electron chi connectivity index (χ2n) is 6.26. The number of hydrogen-bond acceptors (Lipinski definition) is 4. The van der Waals surface area contributed by atoms with Gasteiger partial charge in [0, 0.05) is 11.3 Å². The Hall–Kier alpha value is -3.06. The van der Waals surface area contributed by atoms with Gasteiger partial charge in [-0.2, -0.15) is 0 Å². The number of anilines is 1. The maximum absolute atomic E-state index is 13.6. The topological polar surface area (TPSA) is 85.1 Å². The summed E-state index contributed by atoms with van der Waals surface area (Å²) >= 11 is 1.28. The number of amides is 2. The number of hydrogen-bond donors (Lipinski definition) is 2. The summed E-state index contributed by atoms with van der Waals surface area (Å²) in [7, 11) is 0. The average Bonchev–Trinajstić information content (AvgIpc) is 2.98. The standard InChI is InChI=1S/C20H18FN3O2S/c1-10-4-6-14(11(2)8-10)20-23-12(3)17(27-20)19(26)24-13-5-7-16(21)15(9-13)18(22)25/h4-9H,1-3H3,(H2,22,25)(H,24,26). The van der Waals surface area contributed by atoms with Crippen LogP contribution in [0.25, 0.3) is 10.6 Å². The van der Waals surface area contributed by atoms with Crippen LogP contribution in [0.15, 0.2) is 36.4 Å². The Labute approximate surface area is 160 Å². The average molecular weight is 383 g/mol. The van der Waals surface area contributed by atoms with Gasteiger partial charge in [0.2, 0.25) is 0 Å². The normalized spacial score (nSPS) is 10.7. The first-order valence-corrected chi connectivity index (χ1v) is 9.03. The van der Waals surface area contributed by atoms with E-state index < -0.39 is 11.7 Å². The fourth-order valence-corrected chi connectivity index (χ4v) is 3.81. The Morgan fingerprint density at radius 2 is 1.85 bits per heavy atom. The van der Waals surface area contributed by atoms with Crippen molar-refractivity contribution in [2.75, 3.05) is 5.32 Å². The lowest BCUT2D eigenvalue weighted by Gasteiger charge is -2.06. The fraction of sp³-hybridized carbons (Fsp3) is 0.150. The highest BCUT2D eigenvalue weighted by atomic mass is 32.1. The van der Waals surface area contributed by atoms with Crippen LogP contribution in [0.3, 0.4) is 0 Å². The van der Waals surface area contributed by atoms with Gasteiger partial charge < -0.3 is 11.1 Å². The van der Waals surface area contributed by atoms with Gasteiger partial charge in [-0.3, -0.25) is 9.59 Å². The Bertz CT molecular complexity index is 1060. The van der Waals surface area contributed by atoms with Crippen molar-refractivity contribution in [3.63, 3.8) is 0 Å². The van der Waals surface area contributed by atoms with E-state index in [1.165, 1.54) is 23.5 Å². The molecule has 1 heterocycles. The number of carbonyl (C=O) groups excluding carboxylic acids is 2. The number of benzene rings is 2. The van der Waals surface area contributed by atoms with Crippen molar-refractivity contribution in [1.82, 2.24) is 4.98 Å². The molecular formula is C20H18FN3O2S. The number of rotatable bonds is 4. The number of halogens is 1. The second kappa shape index (κ2) is 7.28. The van der Waals surface area contributed by atoms with Gasteiger partial charge in [-0.05, 0) is 44.5 Å². The van der Waals surface area contributed by atoms with Crippen molar-refractivity contribution in [3.8, 4) is 10.6 Å². The van der Waals surface area contributed by atoms with Crippen LogP contribution in [0.1, 0.15) is 36.9 Å². The van der Waals surface area contributed by atoms with Gasteiger partial charge in [-0.1, -0.05) is 23.8 Å². The van der Waals surface area contributed by atoms with E-state index in [2.05, 4.69) is 16.4 Å². The summed E-state index contributed by atoms with van der Waals surface area (Å²) in [6.07, 6.45) is 0. The summed E-state index contributed by atoms with van der Waals surface area (Å²) in [4.78, 5) is 28.9. The van der Waals surface area contributed by atoms with Crippen LogP contribution in [0.4, 0.5) is 10.1 Å². The summed E-state index contributed by atoms with van der Waals surface area (Å²) in [5.74, 6) is -2.00. The molecule has 0 radical (unpaired) electrons. The maximum Gasteiger partial charge on any atom is 0.267 e. The van der Waals surface area contributed by atoms with Gasteiger partial charge in [0.25, 0.3) is 11.8 Å². The number of carbonyl (C=O) groups is 2. The SMILES string of the molecule is Cc1ccc(-c2nc(C)c(C(=O)Nc3ccc(F)c(C(N)=O)c3)s2)c(C)c1. The van der Waals surface area contributed by atoms with E-state index in [4.69, 9.17) is 5.73 Å². The molecule has 0 aliphatic heterocycles. The van der Waals surface area contributed by atoms with E-state index in [0.29, 0.717) is 10.6 Å². The molecule has 0 fully saturated rings. The summed E-state index contributed by atoms with van der Waals surface area (Å²) in [5, 5.41) is 3.42. The van der Waals surface area contributed by atoms with Crippen molar-refractivity contribution in [2.24, 2.45) is 5.73 Å². The Morgan fingerprint density at radius 1 is 1.11 bits per heavy atom. The number of thiazole rings is 1. The molecule has 3 aromatic rings. The third kappa shape index (κ3) is 3.88. The molecule has 3 rings (SSSR count). The summed E-state index contributed by atoms with van der Waals surface area (Å²) in [6.45, 7) is 5.78. The minimum Gasteiger partial charge on any atom is -0.366 e. The van der Waals surface area contributed by atoms with E-state index >= 15 is 0 Å². The van der Waals surface area contributed by atoms with E-state index in [9.17, 15) is 14.0 Å². The maximum atomic E-state index is 13.6. The van der Waals surface area contributed by atoms with Crippen LogP contribution in [0.2, 0.25) is 0 Å². The Kier molecular flexibility index (Phi) is 5.05. The number of nitrogens with one attached hydrogen (secondary N) is 1. The minimum atomic E-state index is -0.894. The lowest BCUT2D eigenvalue weighted by molar-refractivity contribution is 0.0993. The molecule has 3 N–H and O–H groups in total. The van der Waals surface area contributed by atoms with Gasteiger partial charge >= 0.3 is 0 Å². The van der Waals surface area contributed by atoms with Crippen LogP contribution < -0.4 is 11.1 Å². The van der Waals surface area contributed by atoms with Gasteiger partial charge in [0.15, 0.2) is 0 Å². The van der Waals surface area contributed by atoms with Gasteiger partial charge in [-0.15, -0.1) is 11.3 Å². The van der Waals surface area contributed by atoms with Crippen LogP contribution in [0.5, 0.6) is 0 Å². The number of primary amides is 1. The first kappa shape index (κ1) is 18.7. The minimum absolute atomic E-state index is 0.273. The van der Waals surface area contributed by atoms with E-state index in [0.717, 1.165) is 27.8 Å². The molecule has 0 saturated carbocycles. The monoisotopic (exact) mass is 383 g/mol. The zero-order valence-electron chi connectivity index (χ0n) is 15.1. The molecular weight excluding hydrogens is 365 g/mol. The smallest absolute Gasteiger partial charge is 0.267 e. The predicted molar refractivity (Wildman–Crippen MR) is 105 cm³/mol. The highest BCUT2D eigenvalue weighted by Crippen LogP contribution is 2.31. The molecule has 27 heavy (non-hydrogen) atoms. The molecule has 5 nitrogen and oxygen atoms in total. The zero-order valence-corrected chi connectivity index (χ0v) is 15.9. The second-order valence-corrected chi connectivity index (χ2v) is 7.26. The lowest BCUT2D eigenvalue weighted by Crippen LogP contribution is -2.15. The first-order chi connectivity index (χ1) is 12.8. The molecule has 138 valence electrons. The third-order valence-electron chi connectivity index (χ3n) is 4.10. The van der Waals surface area contributed by atoms with E-state index in [1.54, 1.807) is 6.92 Å². The van der Waals surface area contributed by atoms with Crippen molar-refractivity contribution in [1.29, 1.82) is 0 Å². The number of nitrogens with two attached hydrogens (primary N) is 1. The molecule has 0 bridgehead atoms. The summed E-state index contributed by atoms with van der Waals surface area (Å²) < 4.78 is 13.6. The number of aromatic nitrogens is 1. The largest absolute Gasteiger partial charge is 0.366 e. The zero-order chi connectivity index (χ0) is 19.7. The summed E-state index contributed by atoms with van der Waals surface area (Å²) in [6, 6.07) is 9.75. The molecule has 0 spiro atoms. The van der Waals surface area contributed by atoms with Crippen molar-refractivity contribution < 1.29 is 14.0 Å². The molecule has 0 atom stereocenters.